The molecule has 0 radical (unpaired) electrons. The van der Waals surface area contributed by atoms with Crippen molar-refractivity contribution < 1.29 is 0 Å². The van der Waals surface area contributed by atoms with Crippen LogP contribution in [0.25, 0.3) is 83.3 Å². The number of hydrogen-bond donors (Lipinski definition) is 0. The Kier molecular flexibility index (Phi) is 10.8. The van der Waals surface area contributed by atoms with Crippen LogP contribution in [0.15, 0.2) is 231 Å². The fourth-order valence-corrected chi connectivity index (χ4v) is 12.0. The lowest BCUT2D eigenvalue weighted by molar-refractivity contribution is 0.442. The molecule has 2 nitrogen and oxygen atoms in total. The van der Waals surface area contributed by atoms with E-state index < -0.39 is 0 Å². The first kappa shape index (κ1) is 41.9. The average molecular weight is 899 g/mol. The number of hydrogen-bond acceptors (Lipinski definition) is 1. The minimum absolute atomic E-state index is 0.602. The summed E-state index contributed by atoms with van der Waals surface area (Å²) in [6, 6.07) is 85.7. The van der Waals surface area contributed by atoms with Crippen molar-refractivity contribution in [3.8, 4) is 39.1 Å². The van der Waals surface area contributed by atoms with E-state index in [2.05, 4.69) is 246 Å². The van der Waals surface area contributed by atoms with Crippen molar-refractivity contribution in [3.63, 3.8) is 0 Å². The molecule has 1 fully saturated rings. The van der Waals surface area contributed by atoms with Crippen molar-refractivity contribution in [1.82, 2.24) is 4.57 Å². The van der Waals surface area contributed by atoms with E-state index in [1.807, 2.05) is 0 Å². The van der Waals surface area contributed by atoms with Crippen molar-refractivity contribution >= 4 is 61.3 Å². The van der Waals surface area contributed by atoms with Gasteiger partial charge in [0.25, 0.3) is 0 Å². The maximum Gasteiger partial charge on any atom is 0.0541 e. The molecule has 1 heterocycles. The third kappa shape index (κ3) is 7.43. The van der Waals surface area contributed by atoms with E-state index in [9.17, 15) is 0 Å². The zero-order valence-corrected chi connectivity index (χ0v) is 39.4. The highest BCUT2D eigenvalue weighted by Crippen LogP contribution is 2.46. The van der Waals surface area contributed by atoms with Crippen molar-refractivity contribution in [1.29, 1.82) is 0 Å². The lowest BCUT2D eigenvalue weighted by Gasteiger charge is -2.31. The van der Waals surface area contributed by atoms with Gasteiger partial charge in [0.1, 0.15) is 0 Å². The summed E-state index contributed by atoms with van der Waals surface area (Å²) in [6.45, 7) is 0. The lowest BCUT2D eigenvalue weighted by Crippen LogP contribution is -2.35. The molecule has 0 aliphatic heterocycles. The largest absolute Gasteiger partial charge is 0.309 e. The summed E-state index contributed by atoms with van der Waals surface area (Å²) in [5.41, 5.74) is 18.6. The van der Waals surface area contributed by atoms with E-state index in [1.165, 1.54) is 131 Å². The van der Waals surface area contributed by atoms with Gasteiger partial charge in [0.05, 0.1) is 22.4 Å². The summed E-state index contributed by atoms with van der Waals surface area (Å²) in [5, 5.41) is 7.91. The second-order valence-electron chi connectivity index (χ2n) is 19.3. The molecule has 11 aromatic rings. The molecule has 1 aromatic heterocycles. The number of benzene rings is 10. The molecule has 336 valence electrons. The zero-order valence-electron chi connectivity index (χ0n) is 39.4. The Morgan fingerprint density at radius 1 is 0.414 bits per heavy atom. The van der Waals surface area contributed by atoms with Gasteiger partial charge in [-0.25, -0.2) is 0 Å². The maximum absolute atomic E-state index is 2.55. The van der Waals surface area contributed by atoms with Crippen LogP contribution < -0.4 is 15.3 Å². The Morgan fingerprint density at radius 3 is 1.83 bits per heavy atom. The fraction of sp³-hybridized carbons (Fsp3) is 0.118. The highest BCUT2D eigenvalue weighted by molar-refractivity contribution is 6.11. The van der Waals surface area contributed by atoms with Crippen molar-refractivity contribution in [2.75, 3.05) is 4.90 Å². The van der Waals surface area contributed by atoms with Crippen LogP contribution in [0.2, 0.25) is 0 Å². The second kappa shape index (κ2) is 18.0. The molecule has 2 heteroatoms. The second-order valence-corrected chi connectivity index (χ2v) is 19.3. The first-order valence-electron chi connectivity index (χ1n) is 25.3. The first-order valence-corrected chi connectivity index (χ1v) is 25.3. The molecule has 10 aromatic carbocycles. The molecule has 0 unspecified atom stereocenters. The molecule has 2 aliphatic carbocycles. The topological polar surface area (TPSA) is 8.17 Å². The van der Waals surface area contributed by atoms with Crippen LogP contribution in [0, 0.1) is 0 Å². The van der Waals surface area contributed by atoms with Crippen LogP contribution in [0.3, 0.4) is 0 Å². The Labute approximate surface area is 410 Å². The number of rotatable bonds is 9. The molecule has 70 heavy (non-hydrogen) atoms. The number of fused-ring (bicyclic) bond motifs is 5. The van der Waals surface area contributed by atoms with Gasteiger partial charge in [-0.05, 0) is 146 Å². The molecule has 0 bridgehead atoms. The van der Waals surface area contributed by atoms with Crippen molar-refractivity contribution in [2.45, 2.75) is 50.9 Å². The Bertz CT molecular complexity index is 3850. The van der Waals surface area contributed by atoms with Gasteiger partial charge < -0.3 is 9.47 Å². The molecule has 0 atom stereocenters. The molecule has 2 aliphatic rings. The molecule has 0 N–H and O–H groups in total. The van der Waals surface area contributed by atoms with Crippen LogP contribution in [0.1, 0.15) is 62.0 Å². The minimum Gasteiger partial charge on any atom is -0.309 e. The lowest BCUT2D eigenvalue weighted by atomic mass is 9.80. The number of para-hydroxylation sites is 4. The van der Waals surface area contributed by atoms with Gasteiger partial charge >= 0.3 is 0 Å². The van der Waals surface area contributed by atoms with E-state index in [1.54, 1.807) is 5.56 Å². The minimum atomic E-state index is 0.602. The van der Waals surface area contributed by atoms with Crippen molar-refractivity contribution in [3.05, 3.63) is 252 Å². The zero-order chi connectivity index (χ0) is 46.4. The summed E-state index contributed by atoms with van der Waals surface area (Å²) in [4.78, 5) is 2.55. The number of nitrogens with zero attached hydrogens (tertiary/aromatic N) is 2. The van der Waals surface area contributed by atoms with E-state index in [0.29, 0.717) is 5.92 Å². The van der Waals surface area contributed by atoms with Crippen molar-refractivity contribution in [2.24, 2.45) is 0 Å². The fourth-order valence-electron chi connectivity index (χ4n) is 12.0. The van der Waals surface area contributed by atoms with Gasteiger partial charge in [-0.15, -0.1) is 0 Å². The third-order valence-electron chi connectivity index (χ3n) is 15.3. The quantitative estimate of drug-likeness (QED) is 0.140. The van der Waals surface area contributed by atoms with Crippen LogP contribution in [-0.2, 0) is 0 Å². The smallest absolute Gasteiger partial charge is 0.0541 e. The van der Waals surface area contributed by atoms with Gasteiger partial charge in [0, 0.05) is 33.3 Å². The SMILES string of the molecule is C1=c2cccc(C3CCCCC3)c2=C(c2ccccc2N(c2ccc(-c3ccc(-c4cccc5ccccc45)cc3)cc2)c2ccccc2-c2ccc3c(c2)c2ccccc2n3-c2ccccc2)CC1. The number of anilines is 3. The van der Waals surface area contributed by atoms with Crippen LogP contribution in [0.5, 0.6) is 0 Å². The van der Waals surface area contributed by atoms with Gasteiger partial charge in [-0.1, -0.05) is 201 Å². The summed E-state index contributed by atoms with van der Waals surface area (Å²) in [5.74, 6) is 0.602. The molecule has 0 saturated heterocycles. The Hall–Kier alpha value is -8.20. The van der Waals surface area contributed by atoms with Gasteiger partial charge in [-0.2, -0.15) is 0 Å². The molecular formula is C68H54N2. The summed E-state index contributed by atoms with van der Waals surface area (Å²) < 4.78 is 2.40. The van der Waals surface area contributed by atoms with Crippen LogP contribution >= 0.6 is 0 Å². The standard InChI is InChI=1S/C68H54N2/c1-3-18-50(19-4-1)59-31-16-22-52-23-17-32-62(68(52)59)60-28-10-13-34-65(60)70(55-43-40-48(41-44-55)47-36-38-51(39-37-47)57-30-15-21-49-20-7-8-26-56(49)57)64-33-12-9-27-58(64)53-42-45-67-63(46-53)61-29-11-14-35-66(61)69(67)54-24-5-2-6-25-54/h2,5-16,20-31,33-46,50H,1,3-4,17-19,32H2. The monoisotopic (exact) mass is 898 g/mol. The van der Waals surface area contributed by atoms with E-state index in [0.717, 1.165) is 24.2 Å². The maximum atomic E-state index is 2.55. The van der Waals surface area contributed by atoms with E-state index in [4.69, 9.17) is 0 Å². The average Bonchev–Trinajstić information content (AvgIpc) is 3.77. The number of aromatic nitrogens is 1. The van der Waals surface area contributed by atoms with Crippen LogP contribution in [0.4, 0.5) is 17.1 Å². The van der Waals surface area contributed by atoms with E-state index in [-0.39, 0.29) is 0 Å². The highest BCUT2D eigenvalue weighted by Gasteiger charge is 2.25. The van der Waals surface area contributed by atoms with Crippen LogP contribution in [-0.4, -0.2) is 4.57 Å². The predicted molar refractivity (Wildman–Crippen MR) is 297 cm³/mol. The summed E-state index contributed by atoms with van der Waals surface area (Å²) >= 11 is 0. The van der Waals surface area contributed by atoms with Gasteiger partial charge in [0.15, 0.2) is 0 Å². The Morgan fingerprint density at radius 2 is 1.01 bits per heavy atom. The molecule has 13 rings (SSSR count). The molecular weight excluding hydrogens is 845 g/mol. The third-order valence-corrected chi connectivity index (χ3v) is 15.3. The van der Waals surface area contributed by atoms with Gasteiger partial charge in [0.2, 0.25) is 0 Å². The summed E-state index contributed by atoms with van der Waals surface area (Å²) in [7, 11) is 0. The van der Waals surface area contributed by atoms with E-state index >= 15 is 0 Å². The molecule has 0 spiro atoms. The Balaban J connectivity index is 0.977. The first-order chi connectivity index (χ1) is 34.7. The molecule has 1 saturated carbocycles. The summed E-state index contributed by atoms with van der Waals surface area (Å²) in [6.07, 6.45) is 11.1. The normalized spacial score (nSPS) is 13.9. The highest BCUT2D eigenvalue weighted by atomic mass is 15.1. The molecule has 0 amide bonds. The predicted octanol–water partition coefficient (Wildman–Crippen LogP) is 17.2. The van der Waals surface area contributed by atoms with Gasteiger partial charge in [-0.3, -0.25) is 0 Å².